The van der Waals surface area contributed by atoms with Crippen molar-refractivity contribution in [3.8, 4) is 0 Å². The molecule has 1 aromatic carbocycles. The van der Waals surface area contributed by atoms with E-state index >= 15 is 0 Å². The van der Waals surface area contributed by atoms with Crippen molar-refractivity contribution in [2.45, 2.75) is 26.2 Å². The third-order valence-corrected chi connectivity index (χ3v) is 4.62. The predicted octanol–water partition coefficient (Wildman–Crippen LogP) is 5.07. The molecule has 3 rings (SSSR count). The smallest absolute Gasteiger partial charge is 0.264 e. The zero-order valence-corrected chi connectivity index (χ0v) is 14.9. The minimum atomic E-state index is -0.132. The molecule has 0 radical (unpaired) electrons. The molecular formula is C20H20N2O2S. The molecule has 1 saturated heterocycles. The number of benzene rings is 1. The van der Waals surface area contributed by atoms with Crippen LogP contribution in [0.2, 0.25) is 0 Å². The van der Waals surface area contributed by atoms with Gasteiger partial charge in [0.25, 0.3) is 5.91 Å². The topological polar surface area (TPSA) is 54.6 Å². The van der Waals surface area contributed by atoms with Crippen LogP contribution in [-0.2, 0) is 11.2 Å². The van der Waals surface area contributed by atoms with Crippen molar-refractivity contribution < 1.29 is 9.21 Å². The standard InChI is InChI=1S/C20H20N2O2S/c1-2-3-6-15-10-12-16(13-11-15)21-20-22-19(23)18(25-20)9-4-7-17-8-5-14-24-17/h4-5,7-14H,2-3,6H2,1H3,(H,21,22,23). The van der Waals surface area contributed by atoms with E-state index in [1.54, 1.807) is 18.4 Å². The number of aliphatic imine (C=N–C) groups is 1. The van der Waals surface area contributed by atoms with Crippen LogP contribution in [-0.4, -0.2) is 11.1 Å². The maximum Gasteiger partial charge on any atom is 0.264 e. The number of hydrogen-bond acceptors (Lipinski definition) is 4. The highest BCUT2D eigenvalue weighted by Crippen LogP contribution is 2.26. The zero-order chi connectivity index (χ0) is 17.5. The van der Waals surface area contributed by atoms with Crippen LogP contribution in [0, 0.1) is 0 Å². The van der Waals surface area contributed by atoms with Gasteiger partial charge in [0.05, 0.1) is 16.9 Å². The van der Waals surface area contributed by atoms with Gasteiger partial charge in [-0.15, -0.1) is 0 Å². The largest absolute Gasteiger partial charge is 0.465 e. The van der Waals surface area contributed by atoms with Crippen LogP contribution in [0.15, 0.2) is 69.1 Å². The number of rotatable bonds is 6. The number of aryl methyl sites for hydroxylation is 1. The summed E-state index contributed by atoms with van der Waals surface area (Å²) >= 11 is 1.34. The Morgan fingerprint density at radius 2 is 2.08 bits per heavy atom. The molecule has 0 atom stereocenters. The summed E-state index contributed by atoms with van der Waals surface area (Å²) in [4.78, 5) is 17.1. The van der Waals surface area contributed by atoms with E-state index in [2.05, 4.69) is 29.4 Å². The van der Waals surface area contributed by atoms with E-state index in [9.17, 15) is 4.79 Å². The van der Waals surface area contributed by atoms with Crippen molar-refractivity contribution in [3.63, 3.8) is 0 Å². The summed E-state index contributed by atoms with van der Waals surface area (Å²) in [5, 5.41) is 3.39. The van der Waals surface area contributed by atoms with Crippen molar-refractivity contribution in [2.75, 3.05) is 0 Å². The molecule has 128 valence electrons. The van der Waals surface area contributed by atoms with Crippen molar-refractivity contribution in [2.24, 2.45) is 4.99 Å². The Hall–Kier alpha value is -2.53. The second kappa shape index (κ2) is 8.53. The molecule has 1 aliphatic heterocycles. The lowest BCUT2D eigenvalue weighted by Crippen LogP contribution is -2.19. The number of nitrogens with one attached hydrogen (secondary N) is 1. The van der Waals surface area contributed by atoms with Gasteiger partial charge in [-0.25, -0.2) is 4.99 Å². The van der Waals surface area contributed by atoms with Crippen LogP contribution in [0.25, 0.3) is 6.08 Å². The summed E-state index contributed by atoms with van der Waals surface area (Å²) in [6.07, 6.45) is 10.5. The Labute approximate surface area is 151 Å². The molecule has 1 aromatic heterocycles. The number of carbonyl (C=O) groups excluding carboxylic acids is 1. The van der Waals surface area contributed by atoms with E-state index < -0.39 is 0 Å². The molecule has 1 N–H and O–H groups in total. The molecule has 25 heavy (non-hydrogen) atoms. The van der Waals surface area contributed by atoms with Crippen molar-refractivity contribution in [1.29, 1.82) is 0 Å². The first kappa shape index (κ1) is 17.3. The van der Waals surface area contributed by atoms with Gasteiger partial charge in [-0.2, -0.15) is 0 Å². The van der Waals surface area contributed by atoms with Gasteiger partial charge >= 0.3 is 0 Å². The highest BCUT2D eigenvalue weighted by Gasteiger charge is 2.23. The molecule has 4 nitrogen and oxygen atoms in total. The highest BCUT2D eigenvalue weighted by molar-refractivity contribution is 8.18. The fourth-order valence-electron chi connectivity index (χ4n) is 2.35. The second-order valence-corrected chi connectivity index (χ2v) is 6.68. The van der Waals surface area contributed by atoms with Crippen LogP contribution >= 0.6 is 11.8 Å². The lowest BCUT2D eigenvalue weighted by Gasteiger charge is -2.01. The Morgan fingerprint density at radius 1 is 1.24 bits per heavy atom. The Bertz CT molecular complexity index is 803. The summed E-state index contributed by atoms with van der Waals surface area (Å²) in [5.41, 5.74) is 2.16. The highest BCUT2D eigenvalue weighted by atomic mass is 32.2. The van der Waals surface area contributed by atoms with Gasteiger partial charge < -0.3 is 9.73 Å². The summed E-state index contributed by atoms with van der Waals surface area (Å²) in [5.74, 6) is 0.615. The number of nitrogens with zero attached hydrogens (tertiary/aromatic N) is 1. The average molecular weight is 352 g/mol. The maximum atomic E-state index is 12.0. The number of hydrogen-bond donors (Lipinski definition) is 1. The lowest BCUT2D eigenvalue weighted by atomic mass is 10.1. The minimum Gasteiger partial charge on any atom is -0.465 e. The van der Waals surface area contributed by atoms with E-state index in [0.717, 1.165) is 17.9 Å². The van der Waals surface area contributed by atoms with Crippen LogP contribution in [0.5, 0.6) is 0 Å². The minimum absolute atomic E-state index is 0.132. The Balaban J connectivity index is 1.64. The molecule has 2 heterocycles. The van der Waals surface area contributed by atoms with Gasteiger partial charge in [-0.05, 0) is 66.6 Å². The number of unbranched alkanes of at least 4 members (excludes halogenated alkanes) is 1. The number of amides is 1. The molecule has 2 aromatic rings. The average Bonchev–Trinajstić information content (AvgIpc) is 3.25. The van der Waals surface area contributed by atoms with Gasteiger partial charge in [-0.3, -0.25) is 4.79 Å². The van der Waals surface area contributed by atoms with Crippen LogP contribution in [0.4, 0.5) is 5.69 Å². The normalized spacial score (nSPS) is 17.7. The number of allylic oxidation sites excluding steroid dienone is 2. The van der Waals surface area contributed by atoms with Crippen LogP contribution < -0.4 is 5.32 Å². The molecule has 0 spiro atoms. The monoisotopic (exact) mass is 352 g/mol. The first-order chi connectivity index (χ1) is 12.2. The van der Waals surface area contributed by atoms with Gasteiger partial charge in [0.2, 0.25) is 0 Å². The summed E-state index contributed by atoms with van der Waals surface area (Å²) in [6, 6.07) is 11.8. The van der Waals surface area contributed by atoms with Gasteiger partial charge in [0.15, 0.2) is 5.17 Å². The molecule has 1 aliphatic rings. The Morgan fingerprint density at radius 3 is 2.80 bits per heavy atom. The van der Waals surface area contributed by atoms with E-state index in [4.69, 9.17) is 4.42 Å². The molecular weight excluding hydrogens is 332 g/mol. The maximum absolute atomic E-state index is 12.0. The van der Waals surface area contributed by atoms with Gasteiger partial charge in [0.1, 0.15) is 5.76 Å². The molecule has 1 fully saturated rings. The van der Waals surface area contributed by atoms with E-state index in [1.807, 2.05) is 30.3 Å². The number of amidine groups is 1. The van der Waals surface area contributed by atoms with Crippen molar-refractivity contribution in [3.05, 3.63) is 71.0 Å². The Kier molecular flexibility index (Phi) is 5.90. The fraction of sp³-hybridized carbons (Fsp3) is 0.200. The quantitative estimate of drug-likeness (QED) is 0.739. The second-order valence-electron chi connectivity index (χ2n) is 5.65. The number of furan rings is 1. The van der Waals surface area contributed by atoms with Gasteiger partial charge in [0, 0.05) is 0 Å². The fourth-order valence-corrected chi connectivity index (χ4v) is 3.14. The lowest BCUT2D eigenvalue weighted by molar-refractivity contribution is -0.115. The van der Waals surface area contributed by atoms with E-state index in [-0.39, 0.29) is 5.91 Å². The molecule has 1 amide bonds. The van der Waals surface area contributed by atoms with E-state index in [1.165, 1.54) is 30.2 Å². The molecule has 0 saturated carbocycles. The first-order valence-corrected chi connectivity index (χ1v) is 9.15. The van der Waals surface area contributed by atoms with E-state index in [0.29, 0.717) is 10.1 Å². The van der Waals surface area contributed by atoms with Crippen molar-refractivity contribution in [1.82, 2.24) is 5.32 Å². The summed E-state index contributed by atoms with van der Waals surface area (Å²) in [6.45, 7) is 2.19. The molecule has 0 unspecified atom stereocenters. The molecule has 0 bridgehead atoms. The van der Waals surface area contributed by atoms with Crippen molar-refractivity contribution >= 4 is 34.6 Å². The van der Waals surface area contributed by atoms with Crippen LogP contribution in [0.3, 0.4) is 0 Å². The molecule has 5 heteroatoms. The third-order valence-electron chi connectivity index (χ3n) is 3.69. The van der Waals surface area contributed by atoms with Gasteiger partial charge in [-0.1, -0.05) is 31.6 Å². The predicted molar refractivity (Wildman–Crippen MR) is 104 cm³/mol. The summed E-state index contributed by atoms with van der Waals surface area (Å²) in [7, 11) is 0. The number of carbonyl (C=O) groups is 1. The van der Waals surface area contributed by atoms with Crippen LogP contribution in [0.1, 0.15) is 31.1 Å². The molecule has 0 aliphatic carbocycles. The first-order valence-electron chi connectivity index (χ1n) is 8.33. The zero-order valence-electron chi connectivity index (χ0n) is 14.1. The summed E-state index contributed by atoms with van der Waals surface area (Å²) < 4.78 is 5.21. The number of thioether (sulfide) groups is 1. The SMILES string of the molecule is CCCCc1ccc(N=C2NC(=O)C(=CC=Cc3ccco3)S2)cc1. The third kappa shape index (κ3) is 4.97.